The first-order chi connectivity index (χ1) is 10.3. The van der Waals surface area contributed by atoms with Gasteiger partial charge in [-0.3, -0.25) is 5.10 Å². The molecular weight excluding hydrogens is 312 g/mol. The number of aromatic carboxylic acids is 1. The van der Waals surface area contributed by atoms with Gasteiger partial charge in [0.2, 0.25) is 0 Å². The number of carboxylic acid groups (broad SMARTS) is 1. The smallest absolute Gasteiger partial charge is 0.353 e. The topological polar surface area (TPSA) is 119 Å². The fraction of sp³-hybridized carbons (Fsp3) is 0.231. The van der Waals surface area contributed by atoms with Crippen molar-refractivity contribution in [1.29, 1.82) is 0 Å². The van der Waals surface area contributed by atoms with Crippen molar-refractivity contribution >= 4 is 15.8 Å². The summed E-state index contributed by atoms with van der Waals surface area (Å²) < 4.78 is 34.2. The molecule has 8 nitrogen and oxygen atoms in total. The number of nitrogens with zero attached hydrogens (tertiary/aromatic N) is 1. The standard InChI is InChI=1S/C13H14N2O6S/c1-20-10-4-7(8-5-9(13(16)17)15-14-8)12(22(3,18)19)6-11(10)21-2/h4-6H,1-3H3,(H,14,15)(H,16,17). The third-order valence-electron chi connectivity index (χ3n) is 2.97. The molecule has 0 aliphatic rings. The maximum Gasteiger partial charge on any atom is 0.353 e. The van der Waals surface area contributed by atoms with Crippen LogP contribution in [-0.2, 0) is 9.84 Å². The highest BCUT2D eigenvalue weighted by Gasteiger charge is 2.22. The van der Waals surface area contributed by atoms with Crippen LogP contribution in [0.2, 0.25) is 0 Å². The molecule has 0 atom stereocenters. The van der Waals surface area contributed by atoms with Crippen LogP contribution in [0, 0.1) is 0 Å². The molecule has 0 fully saturated rings. The van der Waals surface area contributed by atoms with Crippen LogP contribution in [0.1, 0.15) is 10.5 Å². The Morgan fingerprint density at radius 2 is 1.77 bits per heavy atom. The zero-order valence-corrected chi connectivity index (χ0v) is 12.9. The Hall–Kier alpha value is -2.55. The lowest BCUT2D eigenvalue weighted by atomic mass is 10.1. The van der Waals surface area contributed by atoms with Crippen LogP contribution >= 0.6 is 0 Å². The van der Waals surface area contributed by atoms with Crippen LogP contribution in [-0.4, -0.2) is 50.2 Å². The number of ether oxygens (including phenoxy) is 2. The van der Waals surface area contributed by atoms with Gasteiger partial charge in [-0.25, -0.2) is 13.2 Å². The molecule has 1 aromatic carbocycles. The predicted molar refractivity (Wildman–Crippen MR) is 77.2 cm³/mol. The summed E-state index contributed by atoms with van der Waals surface area (Å²) in [4.78, 5) is 10.9. The number of nitrogens with one attached hydrogen (secondary N) is 1. The molecule has 0 aliphatic heterocycles. The van der Waals surface area contributed by atoms with Crippen molar-refractivity contribution in [3.63, 3.8) is 0 Å². The summed E-state index contributed by atoms with van der Waals surface area (Å²) in [5.74, 6) is -0.634. The number of H-pyrrole nitrogens is 1. The minimum absolute atomic E-state index is 0.0337. The Morgan fingerprint density at radius 3 is 2.23 bits per heavy atom. The van der Waals surface area contributed by atoms with Gasteiger partial charge in [-0.05, 0) is 12.1 Å². The van der Waals surface area contributed by atoms with Crippen LogP contribution in [0.25, 0.3) is 11.3 Å². The zero-order valence-electron chi connectivity index (χ0n) is 12.1. The largest absolute Gasteiger partial charge is 0.493 e. The zero-order chi connectivity index (χ0) is 16.5. The third-order valence-corrected chi connectivity index (χ3v) is 4.11. The van der Waals surface area contributed by atoms with E-state index < -0.39 is 15.8 Å². The number of benzene rings is 1. The van der Waals surface area contributed by atoms with E-state index in [-0.39, 0.29) is 27.6 Å². The van der Waals surface area contributed by atoms with Gasteiger partial charge >= 0.3 is 5.97 Å². The highest BCUT2D eigenvalue weighted by Crippen LogP contribution is 2.37. The number of carboxylic acids is 1. The van der Waals surface area contributed by atoms with Crippen LogP contribution in [0.15, 0.2) is 23.1 Å². The third kappa shape index (κ3) is 2.89. The van der Waals surface area contributed by atoms with Crippen molar-refractivity contribution in [1.82, 2.24) is 10.2 Å². The van der Waals surface area contributed by atoms with Crippen LogP contribution in [0.3, 0.4) is 0 Å². The molecule has 0 amide bonds. The Morgan fingerprint density at radius 1 is 1.18 bits per heavy atom. The van der Waals surface area contributed by atoms with E-state index in [4.69, 9.17) is 14.6 Å². The second kappa shape index (κ2) is 5.68. The van der Waals surface area contributed by atoms with Gasteiger partial charge in [0, 0.05) is 17.9 Å². The van der Waals surface area contributed by atoms with Gasteiger partial charge in [0.1, 0.15) is 5.69 Å². The second-order valence-electron chi connectivity index (χ2n) is 4.45. The van der Waals surface area contributed by atoms with Gasteiger partial charge < -0.3 is 14.6 Å². The molecule has 0 saturated heterocycles. The Balaban J connectivity index is 2.74. The van der Waals surface area contributed by atoms with Gasteiger partial charge in [0.05, 0.1) is 24.8 Å². The van der Waals surface area contributed by atoms with Crippen molar-refractivity contribution in [3.8, 4) is 22.8 Å². The van der Waals surface area contributed by atoms with Gasteiger partial charge in [-0.15, -0.1) is 0 Å². The molecule has 22 heavy (non-hydrogen) atoms. The number of rotatable bonds is 5. The summed E-state index contributed by atoms with van der Waals surface area (Å²) in [6.07, 6.45) is 1.04. The monoisotopic (exact) mass is 326 g/mol. The maximum atomic E-state index is 12.0. The number of sulfone groups is 1. The maximum absolute atomic E-state index is 12.0. The molecule has 0 unspecified atom stereocenters. The predicted octanol–water partition coefficient (Wildman–Crippen LogP) is 1.20. The fourth-order valence-corrected chi connectivity index (χ4v) is 2.82. The molecule has 2 N–H and O–H groups in total. The van der Waals surface area contributed by atoms with Crippen LogP contribution in [0.5, 0.6) is 11.5 Å². The number of aromatic amines is 1. The Kier molecular flexibility index (Phi) is 4.09. The number of carbonyl (C=O) groups is 1. The molecule has 1 aromatic heterocycles. The first-order valence-electron chi connectivity index (χ1n) is 6.03. The van der Waals surface area contributed by atoms with Gasteiger partial charge in [-0.1, -0.05) is 0 Å². The summed E-state index contributed by atoms with van der Waals surface area (Å²) in [5, 5.41) is 15.1. The number of aromatic nitrogens is 2. The number of hydrogen-bond acceptors (Lipinski definition) is 6. The second-order valence-corrected chi connectivity index (χ2v) is 6.43. The van der Waals surface area contributed by atoms with Crippen molar-refractivity contribution in [2.45, 2.75) is 4.90 Å². The van der Waals surface area contributed by atoms with Crippen molar-refractivity contribution in [3.05, 3.63) is 23.9 Å². The van der Waals surface area contributed by atoms with E-state index in [9.17, 15) is 13.2 Å². The molecule has 1 heterocycles. The molecule has 0 spiro atoms. The highest BCUT2D eigenvalue weighted by atomic mass is 32.2. The lowest BCUT2D eigenvalue weighted by Gasteiger charge is -2.12. The van der Waals surface area contributed by atoms with Crippen molar-refractivity contribution in [2.75, 3.05) is 20.5 Å². The lowest BCUT2D eigenvalue weighted by Crippen LogP contribution is -2.02. The summed E-state index contributed by atoms with van der Waals surface area (Å²) in [5.41, 5.74) is 0.256. The van der Waals surface area contributed by atoms with Gasteiger partial charge in [-0.2, -0.15) is 5.10 Å². The van der Waals surface area contributed by atoms with Crippen molar-refractivity contribution in [2.24, 2.45) is 0 Å². The van der Waals surface area contributed by atoms with E-state index in [1.165, 1.54) is 32.4 Å². The van der Waals surface area contributed by atoms with E-state index in [0.29, 0.717) is 5.75 Å². The Labute approximate surface area is 126 Å². The van der Waals surface area contributed by atoms with Gasteiger partial charge in [0.25, 0.3) is 0 Å². The van der Waals surface area contributed by atoms with Gasteiger partial charge in [0.15, 0.2) is 21.3 Å². The molecule has 0 aliphatic carbocycles. The molecule has 9 heteroatoms. The average Bonchev–Trinajstić information content (AvgIpc) is 2.94. The molecule has 2 aromatic rings. The lowest BCUT2D eigenvalue weighted by molar-refractivity contribution is 0.0690. The van der Waals surface area contributed by atoms with Crippen molar-refractivity contribution < 1.29 is 27.8 Å². The van der Waals surface area contributed by atoms with E-state index in [0.717, 1.165) is 6.26 Å². The minimum Gasteiger partial charge on any atom is -0.493 e. The fourth-order valence-electron chi connectivity index (χ4n) is 1.94. The quantitative estimate of drug-likeness (QED) is 0.847. The number of methoxy groups -OCH3 is 2. The summed E-state index contributed by atoms with van der Waals surface area (Å²) >= 11 is 0. The van der Waals surface area contributed by atoms with E-state index in [1.54, 1.807) is 0 Å². The summed E-state index contributed by atoms with van der Waals surface area (Å²) in [6, 6.07) is 4.01. The molecule has 0 saturated carbocycles. The minimum atomic E-state index is -3.59. The molecule has 2 rings (SSSR count). The molecule has 118 valence electrons. The number of hydrogen-bond donors (Lipinski definition) is 2. The molecule has 0 bridgehead atoms. The highest BCUT2D eigenvalue weighted by molar-refractivity contribution is 7.90. The van der Waals surface area contributed by atoms with Crippen LogP contribution < -0.4 is 9.47 Å². The van der Waals surface area contributed by atoms with E-state index in [2.05, 4.69) is 10.2 Å². The average molecular weight is 326 g/mol. The normalized spacial score (nSPS) is 11.2. The SMILES string of the molecule is COc1cc(-c2cc(C(=O)O)[nH]n2)c(S(C)(=O)=O)cc1OC. The summed E-state index contributed by atoms with van der Waals surface area (Å²) in [7, 11) is -0.786. The van der Waals surface area contributed by atoms with Crippen LogP contribution in [0.4, 0.5) is 0 Å². The van der Waals surface area contributed by atoms with E-state index >= 15 is 0 Å². The summed E-state index contributed by atoms with van der Waals surface area (Å²) in [6.45, 7) is 0. The molecule has 0 radical (unpaired) electrons. The first-order valence-corrected chi connectivity index (χ1v) is 7.92. The molecular formula is C13H14N2O6S. The Bertz CT molecular complexity index is 825. The first kappa shape index (κ1) is 15.8. The van der Waals surface area contributed by atoms with E-state index in [1.807, 2.05) is 0 Å².